The number of nitrogens with zero attached hydrogens (tertiary/aromatic N) is 1. The van der Waals surface area contributed by atoms with Gasteiger partial charge in [-0.2, -0.15) is 0 Å². The van der Waals surface area contributed by atoms with Gasteiger partial charge in [-0.25, -0.2) is 4.39 Å². The topological polar surface area (TPSA) is 3.24 Å². The predicted molar refractivity (Wildman–Crippen MR) is 57.4 cm³/mol. The minimum Gasteiger partial charge on any atom is -0.369 e. The van der Waals surface area contributed by atoms with Crippen LogP contribution in [-0.2, 0) is 5.88 Å². The second-order valence-electron chi connectivity index (χ2n) is 3.72. The van der Waals surface area contributed by atoms with Crippen molar-refractivity contribution in [3.63, 3.8) is 0 Å². The average molecular weight is 214 g/mol. The molecule has 0 spiro atoms. The highest BCUT2D eigenvalue weighted by atomic mass is 35.5. The number of benzene rings is 1. The predicted octanol–water partition coefficient (Wildman–Crippen LogP) is 3.16. The standard InChI is InChI=1S/C11H13ClFN/c1-14(9-5-6-9)11-8(7-12)3-2-4-10(11)13/h2-4,9H,5-7H2,1H3. The van der Waals surface area contributed by atoms with E-state index >= 15 is 0 Å². The van der Waals surface area contributed by atoms with Crippen LogP contribution in [0.4, 0.5) is 10.1 Å². The Kier molecular flexibility index (Phi) is 2.64. The van der Waals surface area contributed by atoms with Crippen LogP contribution in [0.2, 0.25) is 0 Å². The third kappa shape index (κ3) is 1.71. The first kappa shape index (κ1) is 9.78. The molecule has 0 amide bonds. The summed E-state index contributed by atoms with van der Waals surface area (Å²) in [4.78, 5) is 2.01. The molecule has 1 aliphatic rings. The number of hydrogen-bond donors (Lipinski definition) is 0. The molecule has 2 rings (SSSR count). The van der Waals surface area contributed by atoms with Crippen LogP contribution in [-0.4, -0.2) is 13.1 Å². The first-order valence-electron chi connectivity index (χ1n) is 4.80. The lowest BCUT2D eigenvalue weighted by Gasteiger charge is -2.21. The van der Waals surface area contributed by atoms with Crippen molar-refractivity contribution < 1.29 is 4.39 Å². The maximum absolute atomic E-state index is 13.6. The van der Waals surface area contributed by atoms with E-state index in [1.165, 1.54) is 6.07 Å². The van der Waals surface area contributed by atoms with E-state index in [0.29, 0.717) is 17.6 Å². The fraction of sp³-hybridized carbons (Fsp3) is 0.455. The van der Waals surface area contributed by atoms with Gasteiger partial charge in [-0.15, -0.1) is 11.6 Å². The zero-order chi connectivity index (χ0) is 10.1. The molecule has 14 heavy (non-hydrogen) atoms. The quantitative estimate of drug-likeness (QED) is 0.698. The molecule has 1 saturated carbocycles. The third-order valence-corrected chi connectivity index (χ3v) is 2.95. The monoisotopic (exact) mass is 213 g/mol. The number of para-hydroxylation sites is 1. The van der Waals surface area contributed by atoms with Crippen molar-refractivity contribution in [1.29, 1.82) is 0 Å². The fourth-order valence-electron chi connectivity index (χ4n) is 1.71. The second kappa shape index (κ2) is 3.77. The lowest BCUT2D eigenvalue weighted by atomic mass is 10.1. The lowest BCUT2D eigenvalue weighted by molar-refractivity contribution is 0.620. The van der Waals surface area contributed by atoms with Crippen LogP contribution in [0.5, 0.6) is 0 Å². The van der Waals surface area contributed by atoms with Gasteiger partial charge < -0.3 is 4.90 Å². The van der Waals surface area contributed by atoms with Crippen molar-refractivity contribution >= 4 is 17.3 Å². The van der Waals surface area contributed by atoms with Gasteiger partial charge in [0.1, 0.15) is 5.82 Å². The third-order valence-electron chi connectivity index (χ3n) is 2.66. The molecule has 76 valence electrons. The molecule has 0 unspecified atom stereocenters. The summed E-state index contributed by atoms with van der Waals surface area (Å²) in [6.07, 6.45) is 2.32. The summed E-state index contributed by atoms with van der Waals surface area (Å²) in [5, 5.41) is 0. The van der Waals surface area contributed by atoms with Crippen molar-refractivity contribution in [1.82, 2.24) is 0 Å². The van der Waals surface area contributed by atoms with Crippen LogP contribution in [0.15, 0.2) is 18.2 Å². The van der Waals surface area contributed by atoms with E-state index < -0.39 is 0 Å². The maximum Gasteiger partial charge on any atom is 0.146 e. The summed E-state index contributed by atoms with van der Waals surface area (Å²) in [5.41, 5.74) is 1.55. The van der Waals surface area contributed by atoms with Crippen LogP contribution in [0.1, 0.15) is 18.4 Å². The van der Waals surface area contributed by atoms with E-state index in [0.717, 1.165) is 18.4 Å². The minimum absolute atomic E-state index is 0.169. The smallest absolute Gasteiger partial charge is 0.146 e. The number of halogens is 2. The molecule has 0 bridgehead atoms. The van der Waals surface area contributed by atoms with Gasteiger partial charge in [0, 0.05) is 19.0 Å². The van der Waals surface area contributed by atoms with Crippen LogP contribution < -0.4 is 4.90 Å². The average Bonchev–Trinajstić information content (AvgIpc) is 2.99. The number of hydrogen-bond acceptors (Lipinski definition) is 1. The Bertz CT molecular complexity index is 336. The van der Waals surface area contributed by atoms with Crippen molar-refractivity contribution in [3.05, 3.63) is 29.6 Å². The van der Waals surface area contributed by atoms with Gasteiger partial charge in [0.25, 0.3) is 0 Å². The molecule has 1 aromatic rings. The summed E-state index contributed by atoms with van der Waals surface area (Å²) >= 11 is 5.78. The first-order chi connectivity index (χ1) is 6.74. The van der Waals surface area contributed by atoms with E-state index in [2.05, 4.69) is 0 Å². The molecular formula is C11H13ClFN. The van der Waals surface area contributed by atoms with Gasteiger partial charge in [0.15, 0.2) is 0 Å². The van der Waals surface area contributed by atoms with E-state index in [4.69, 9.17) is 11.6 Å². The minimum atomic E-state index is -0.169. The van der Waals surface area contributed by atoms with Crippen molar-refractivity contribution in [2.75, 3.05) is 11.9 Å². The molecule has 0 aromatic heterocycles. The Morgan fingerprint density at radius 3 is 2.79 bits per heavy atom. The Morgan fingerprint density at radius 1 is 1.50 bits per heavy atom. The Morgan fingerprint density at radius 2 is 2.21 bits per heavy atom. The largest absolute Gasteiger partial charge is 0.369 e. The summed E-state index contributed by atoms with van der Waals surface area (Å²) < 4.78 is 13.6. The second-order valence-corrected chi connectivity index (χ2v) is 3.99. The fourth-order valence-corrected chi connectivity index (χ4v) is 1.92. The molecule has 1 nitrogen and oxygen atoms in total. The molecule has 0 N–H and O–H groups in total. The molecule has 3 heteroatoms. The zero-order valence-corrected chi connectivity index (χ0v) is 8.89. The lowest BCUT2D eigenvalue weighted by Crippen LogP contribution is -2.22. The van der Waals surface area contributed by atoms with Crippen LogP contribution in [0.3, 0.4) is 0 Å². The number of anilines is 1. The SMILES string of the molecule is CN(c1c(F)cccc1CCl)C1CC1. The summed E-state index contributed by atoms with van der Waals surface area (Å²) in [7, 11) is 1.94. The zero-order valence-electron chi connectivity index (χ0n) is 8.13. The number of alkyl halides is 1. The molecule has 0 atom stereocenters. The molecule has 0 saturated heterocycles. The summed E-state index contributed by atoms with van der Waals surface area (Å²) in [6, 6.07) is 5.58. The Hall–Kier alpha value is -0.760. The van der Waals surface area contributed by atoms with Crippen molar-refractivity contribution in [2.24, 2.45) is 0 Å². The van der Waals surface area contributed by atoms with Gasteiger partial charge in [0.05, 0.1) is 5.69 Å². The van der Waals surface area contributed by atoms with E-state index in [-0.39, 0.29) is 5.82 Å². The Labute approximate surface area is 88.5 Å². The molecule has 0 aliphatic heterocycles. The normalized spacial score (nSPS) is 15.6. The summed E-state index contributed by atoms with van der Waals surface area (Å²) in [5.74, 6) is 0.196. The van der Waals surface area contributed by atoms with Gasteiger partial charge in [-0.3, -0.25) is 0 Å². The molecule has 1 fully saturated rings. The summed E-state index contributed by atoms with van der Waals surface area (Å²) in [6.45, 7) is 0. The van der Waals surface area contributed by atoms with Crippen molar-refractivity contribution in [3.8, 4) is 0 Å². The van der Waals surface area contributed by atoms with E-state index in [9.17, 15) is 4.39 Å². The van der Waals surface area contributed by atoms with Crippen LogP contribution in [0.25, 0.3) is 0 Å². The highest BCUT2D eigenvalue weighted by Gasteiger charge is 2.28. The van der Waals surface area contributed by atoms with Gasteiger partial charge in [0.2, 0.25) is 0 Å². The van der Waals surface area contributed by atoms with Crippen molar-refractivity contribution in [2.45, 2.75) is 24.8 Å². The Balaban J connectivity index is 2.37. The van der Waals surface area contributed by atoms with Gasteiger partial charge in [-0.1, -0.05) is 12.1 Å². The van der Waals surface area contributed by atoms with Crippen LogP contribution >= 0.6 is 11.6 Å². The molecular weight excluding hydrogens is 201 g/mol. The number of rotatable bonds is 3. The molecule has 0 heterocycles. The highest BCUT2D eigenvalue weighted by Crippen LogP contribution is 2.34. The first-order valence-corrected chi connectivity index (χ1v) is 5.33. The molecule has 0 radical (unpaired) electrons. The van der Waals surface area contributed by atoms with Gasteiger partial charge in [-0.05, 0) is 24.5 Å². The van der Waals surface area contributed by atoms with E-state index in [1.807, 2.05) is 18.0 Å². The van der Waals surface area contributed by atoms with Crippen LogP contribution in [0, 0.1) is 5.82 Å². The highest BCUT2D eigenvalue weighted by molar-refractivity contribution is 6.17. The molecule has 1 aliphatic carbocycles. The maximum atomic E-state index is 13.6. The van der Waals surface area contributed by atoms with E-state index in [1.54, 1.807) is 6.07 Å². The van der Waals surface area contributed by atoms with Gasteiger partial charge >= 0.3 is 0 Å². The molecule has 1 aromatic carbocycles.